The predicted octanol–water partition coefficient (Wildman–Crippen LogP) is 2.14. The Bertz CT molecular complexity index is 183. The lowest BCUT2D eigenvalue weighted by atomic mass is 9.91. The molecule has 0 aliphatic carbocycles. The van der Waals surface area contributed by atoms with Gasteiger partial charge in [-0.1, -0.05) is 13.8 Å². The lowest BCUT2D eigenvalue weighted by Crippen LogP contribution is -2.48. The van der Waals surface area contributed by atoms with E-state index < -0.39 is 0 Å². The Labute approximate surface area is 87.6 Å². The average Bonchev–Trinajstić information content (AvgIpc) is 2.18. The molecule has 2 fully saturated rings. The standard InChI is InChI=1S/C12H23NO/c1-10-4-3-6-13(8-10)12-5-7-14-9-11(12)2/h10-12H,3-9H2,1-2H3/t10-,11-,12?/m1/s1. The Kier molecular flexibility index (Phi) is 3.45. The molecule has 2 heteroatoms. The summed E-state index contributed by atoms with van der Waals surface area (Å²) in [6.45, 7) is 9.29. The van der Waals surface area contributed by atoms with E-state index in [4.69, 9.17) is 4.74 Å². The third-order valence-corrected chi connectivity index (χ3v) is 3.75. The summed E-state index contributed by atoms with van der Waals surface area (Å²) in [5.41, 5.74) is 0. The fraction of sp³-hybridized carbons (Fsp3) is 1.00. The van der Waals surface area contributed by atoms with Gasteiger partial charge in [0.15, 0.2) is 0 Å². The SMILES string of the molecule is C[C@@H]1CCCN(C2CCOC[C@H]2C)C1. The smallest absolute Gasteiger partial charge is 0.0506 e. The topological polar surface area (TPSA) is 12.5 Å². The number of ether oxygens (including phenoxy) is 1. The highest BCUT2D eigenvalue weighted by atomic mass is 16.5. The van der Waals surface area contributed by atoms with Crippen molar-refractivity contribution >= 4 is 0 Å². The van der Waals surface area contributed by atoms with Crippen molar-refractivity contribution in [3.8, 4) is 0 Å². The summed E-state index contributed by atoms with van der Waals surface area (Å²) in [5.74, 6) is 1.63. The van der Waals surface area contributed by atoms with Gasteiger partial charge in [-0.25, -0.2) is 0 Å². The molecule has 0 aromatic heterocycles. The fourth-order valence-electron chi connectivity index (χ4n) is 2.94. The molecule has 3 atom stereocenters. The van der Waals surface area contributed by atoms with Crippen molar-refractivity contribution in [3.63, 3.8) is 0 Å². The molecule has 0 aromatic carbocycles. The Balaban J connectivity index is 1.91. The Morgan fingerprint density at radius 3 is 2.79 bits per heavy atom. The van der Waals surface area contributed by atoms with Gasteiger partial charge < -0.3 is 4.74 Å². The van der Waals surface area contributed by atoms with Crippen molar-refractivity contribution in [3.05, 3.63) is 0 Å². The van der Waals surface area contributed by atoms with Crippen LogP contribution in [0.1, 0.15) is 33.1 Å². The van der Waals surface area contributed by atoms with Crippen molar-refractivity contribution in [2.45, 2.75) is 39.2 Å². The summed E-state index contributed by atoms with van der Waals surface area (Å²) in [6.07, 6.45) is 4.06. The van der Waals surface area contributed by atoms with Crippen molar-refractivity contribution in [2.75, 3.05) is 26.3 Å². The molecule has 2 nitrogen and oxygen atoms in total. The number of hydrogen-bond donors (Lipinski definition) is 0. The first-order valence-electron chi connectivity index (χ1n) is 6.09. The Morgan fingerprint density at radius 1 is 1.21 bits per heavy atom. The molecule has 1 unspecified atom stereocenters. The molecule has 2 aliphatic rings. The number of likely N-dealkylation sites (tertiary alicyclic amines) is 1. The molecule has 0 amide bonds. The third-order valence-electron chi connectivity index (χ3n) is 3.75. The monoisotopic (exact) mass is 197 g/mol. The van der Waals surface area contributed by atoms with Crippen LogP contribution in [0.25, 0.3) is 0 Å². The minimum atomic E-state index is 0.731. The maximum absolute atomic E-state index is 5.50. The predicted molar refractivity (Wildman–Crippen MR) is 58.4 cm³/mol. The summed E-state index contributed by atoms with van der Waals surface area (Å²) in [4.78, 5) is 2.71. The first-order chi connectivity index (χ1) is 6.77. The first kappa shape index (κ1) is 10.4. The second kappa shape index (κ2) is 4.63. The molecule has 2 saturated heterocycles. The van der Waals surface area contributed by atoms with Gasteiger partial charge in [0, 0.05) is 19.2 Å². The molecular formula is C12H23NO. The second-order valence-corrected chi connectivity index (χ2v) is 5.15. The molecule has 14 heavy (non-hydrogen) atoms. The summed E-state index contributed by atoms with van der Waals surface area (Å²) in [6, 6.07) is 0.798. The van der Waals surface area contributed by atoms with Crippen LogP contribution in [0, 0.1) is 11.8 Å². The quantitative estimate of drug-likeness (QED) is 0.638. The van der Waals surface area contributed by atoms with Crippen LogP contribution in [0.2, 0.25) is 0 Å². The lowest BCUT2D eigenvalue weighted by molar-refractivity contribution is -0.0178. The highest BCUT2D eigenvalue weighted by Gasteiger charge is 2.29. The molecule has 0 radical (unpaired) electrons. The maximum Gasteiger partial charge on any atom is 0.0506 e. The summed E-state index contributed by atoms with van der Waals surface area (Å²) < 4.78 is 5.50. The van der Waals surface area contributed by atoms with E-state index >= 15 is 0 Å². The molecule has 2 aliphatic heterocycles. The van der Waals surface area contributed by atoms with Crippen LogP contribution in [0.3, 0.4) is 0 Å². The summed E-state index contributed by atoms with van der Waals surface area (Å²) in [7, 11) is 0. The van der Waals surface area contributed by atoms with Crippen LogP contribution in [0.15, 0.2) is 0 Å². The van der Waals surface area contributed by atoms with Gasteiger partial charge in [-0.05, 0) is 37.6 Å². The van der Waals surface area contributed by atoms with Gasteiger partial charge in [-0.15, -0.1) is 0 Å². The van der Waals surface area contributed by atoms with E-state index in [0.29, 0.717) is 0 Å². The van der Waals surface area contributed by atoms with E-state index in [0.717, 1.165) is 31.1 Å². The molecule has 0 N–H and O–H groups in total. The summed E-state index contributed by atoms with van der Waals surface area (Å²) >= 11 is 0. The number of piperidine rings is 1. The fourth-order valence-corrected chi connectivity index (χ4v) is 2.94. The first-order valence-corrected chi connectivity index (χ1v) is 6.09. The minimum Gasteiger partial charge on any atom is -0.381 e. The van der Waals surface area contributed by atoms with Gasteiger partial charge in [0.2, 0.25) is 0 Å². The van der Waals surface area contributed by atoms with Gasteiger partial charge in [-0.3, -0.25) is 4.90 Å². The highest BCUT2D eigenvalue weighted by Crippen LogP contribution is 2.25. The van der Waals surface area contributed by atoms with Crippen molar-refractivity contribution in [1.29, 1.82) is 0 Å². The van der Waals surface area contributed by atoms with E-state index in [1.807, 2.05) is 0 Å². The van der Waals surface area contributed by atoms with Gasteiger partial charge in [0.1, 0.15) is 0 Å². The number of hydrogen-bond acceptors (Lipinski definition) is 2. The van der Waals surface area contributed by atoms with Crippen molar-refractivity contribution < 1.29 is 4.74 Å². The maximum atomic E-state index is 5.50. The van der Waals surface area contributed by atoms with E-state index in [1.165, 1.54) is 32.4 Å². The van der Waals surface area contributed by atoms with Gasteiger partial charge in [0.05, 0.1) is 6.61 Å². The lowest BCUT2D eigenvalue weighted by Gasteiger charge is -2.42. The zero-order chi connectivity index (χ0) is 9.97. The average molecular weight is 197 g/mol. The zero-order valence-electron chi connectivity index (χ0n) is 9.54. The molecule has 0 aromatic rings. The van der Waals surface area contributed by atoms with E-state index in [-0.39, 0.29) is 0 Å². The molecule has 2 heterocycles. The molecule has 2 rings (SSSR count). The molecule has 0 spiro atoms. The summed E-state index contributed by atoms with van der Waals surface area (Å²) in [5, 5.41) is 0. The van der Waals surface area contributed by atoms with Crippen molar-refractivity contribution in [1.82, 2.24) is 4.90 Å². The highest BCUT2D eigenvalue weighted by molar-refractivity contribution is 4.83. The zero-order valence-corrected chi connectivity index (χ0v) is 9.54. The Morgan fingerprint density at radius 2 is 2.07 bits per heavy atom. The molecule has 82 valence electrons. The van der Waals surface area contributed by atoms with Crippen LogP contribution in [0.5, 0.6) is 0 Å². The van der Waals surface area contributed by atoms with Crippen LogP contribution in [-0.4, -0.2) is 37.2 Å². The van der Waals surface area contributed by atoms with E-state index in [1.54, 1.807) is 0 Å². The molecular weight excluding hydrogens is 174 g/mol. The van der Waals surface area contributed by atoms with Crippen LogP contribution >= 0.6 is 0 Å². The van der Waals surface area contributed by atoms with Crippen molar-refractivity contribution in [2.24, 2.45) is 11.8 Å². The molecule has 0 saturated carbocycles. The Hall–Kier alpha value is -0.0800. The minimum absolute atomic E-state index is 0.731. The van der Waals surface area contributed by atoms with Crippen LogP contribution < -0.4 is 0 Å². The normalized spacial score (nSPS) is 41.1. The number of rotatable bonds is 1. The van der Waals surface area contributed by atoms with Gasteiger partial charge in [0.25, 0.3) is 0 Å². The van der Waals surface area contributed by atoms with Gasteiger partial charge >= 0.3 is 0 Å². The third kappa shape index (κ3) is 2.29. The van der Waals surface area contributed by atoms with Gasteiger partial charge in [-0.2, -0.15) is 0 Å². The van der Waals surface area contributed by atoms with E-state index in [2.05, 4.69) is 18.7 Å². The van der Waals surface area contributed by atoms with E-state index in [9.17, 15) is 0 Å². The van der Waals surface area contributed by atoms with Crippen LogP contribution in [-0.2, 0) is 4.74 Å². The molecule has 0 bridgehead atoms. The largest absolute Gasteiger partial charge is 0.381 e. The second-order valence-electron chi connectivity index (χ2n) is 5.15. The number of nitrogens with zero attached hydrogens (tertiary/aromatic N) is 1. The van der Waals surface area contributed by atoms with Crippen LogP contribution in [0.4, 0.5) is 0 Å².